The Morgan fingerprint density at radius 1 is 1.33 bits per heavy atom. The number of rotatable bonds is 5. The second kappa shape index (κ2) is 6.32. The maximum atomic E-state index is 11.8. The zero-order chi connectivity index (χ0) is 13.8. The standard InChI is InChI=1S/C12H25NO4S/c1-10-7-13-8-11(17-10)9-16-5-6-18(14,15)12(2,3)4/h10-11,13H,5-9H2,1-4H3. The first-order valence-corrected chi connectivity index (χ1v) is 8.04. The zero-order valence-electron chi connectivity index (χ0n) is 11.7. The van der Waals surface area contributed by atoms with Crippen LogP contribution in [0.1, 0.15) is 27.7 Å². The van der Waals surface area contributed by atoms with Gasteiger partial charge in [0.05, 0.1) is 35.9 Å². The van der Waals surface area contributed by atoms with E-state index in [4.69, 9.17) is 9.47 Å². The van der Waals surface area contributed by atoms with Crippen molar-refractivity contribution in [1.82, 2.24) is 5.32 Å². The summed E-state index contributed by atoms with van der Waals surface area (Å²) in [7, 11) is -3.09. The monoisotopic (exact) mass is 279 g/mol. The Morgan fingerprint density at radius 2 is 2.00 bits per heavy atom. The molecule has 108 valence electrons. The van der Waals surface area contributed by atoms with Crippen LogP contribution in [0.4, 0.5) is 0 Å². The van der Waals surface area contributed by atoms with E-state index in [-0.39, 0.29) is 24.6 Å². The van der Waals surface area contributed by atoms with Crippen molar-refractivity contribution < 1.29 is 17.9 Å². The van der Waals surface area contributed by atoms with Gasteiger partial charge in [0.25, 0.3) is 0 Å². The van der Waals surface area contributed by atoms with Crippen LogP contribution >= 0.6 is 0 Å². The second-order valence-corrected chi connectivity index (χ2v) is 8.60. The summed E-state index contributed by atoms with van der Waals surface area (Å²) in [4.78, 5) is 0. The number of sulfone groups is 1. The lowest BCUT2D eigenvalue weighted by Crippen LogP contribution is -2.45. The topological polar surface area (TPSA) is 64.6 Å². The highest BCUT2D eigenvalue weighted by Gasteiger charge is 2.28. The fourth-order valence-corrected chi connectivity index (χ4v) is 2.61. The SMILES string of the molecule is CC1CNCC(COCCS(=O)(=O)C(C)(C)C)O1. The molecule has 0 amide bonds. The Kier molecular flexibility index (Phi) is 5.58. The van der Waals surface area contributed by atoms with Gasteiger partial charge >= 0.3 is 0 Å². The van der Waals surface area contributed by atoms with E-state index < -0.39 is 14.6 Å². The number of nitrogens with one attached hydrogen (secondary N) is 1. The quantitative estimate of drug-likeness (QED) is 0.746. The van der Waals surface area contributed by atoms with Gasteiger partial charge < -0.3 is 14.8 Å². The largest absolute Gasteiger partial charge is 0.378 e. The van der Waals surface area contributed by atoms with Gasteiger partial charge in [0.15, 0.2) is 9.84 Å². The van der Waals surface area contributed by atoms with E-state index in [1.165, 1.54) is 0 Å². The van der Waals surface area contributed by atoms with E-state index in [1.54, 1.807) is 20.8 Å². The van der Waals surface area contributed by atoms with Gasteiger partial charge in [0.1, 0.15) is 0 Å². The lowest BCUT2D eigenvalue weighted by molar-refractivity contribution is -0.0665. The maximum absolute atomic E-state index is 11.8. The molecule has 2 unspecified atom stereocenters. The Labute approximate surface area is 110 Å². The van der Waals surface area contributed by atoms with Gasteiger partial charge in [-0.2, -0.15) is 0 Å². The van der Waals surface area contributed by atoms with E-state index in [0.717, 1.165) is 13.1 Å². The molecular formula is C12H25NO4S. The average molecular weight is 279 g/mol. The maximum Gasteiger partial charge on any atom is 0.157 e. The van der Waals surface area contributed by atoms with Crippen LogP contribution in [-0.4, -0.2) is 57.4 Å². The molecule has 0 aromatic rings. The van der Waals surface area contributed by atoms with Crippen LogP contribution in [0.25, 0.3) is 0 Å². The minimum absolute atomic E-state index is 0.0195. The molecule has 0 saturated carbocycles. The predicted octanol–water partition coefficient (Wildman–Crippen LogP) is 0.593. The highest BCUT2D eigenvalue weighted by Crippen LogP contribution is 2.15. The lowest BCUT2D eigenvalue weighted by Gasteiger charge is -2.28. The van der Waals surface area contributed by atoms with Gasteiger partial charge in [-0.1, -0.05) is 0 Å². The lowest BCUT2D eigenvalue weighted by atomic mass is 10.2. The molecular weight excluding hydrogens is 254 g/mol. The molecule has 1 saturated heterocycles. The molecule has 6 heteroatoms. The molecule has 1 N–H and O–H groups in total. The normalized spacial score (nSPS) is 26.2. The molecule has 5 nitrogen and oxygen atoms in total. The third-order valence-electron chi connectivity index (χ3n) is 2.96. The van der Waals surface area contributed by atoms with Crippen LogP contribution < -0.4 is 5.32 Å². The Bertz CT molecular complexity index is 348. The predicted molar refractivity (Wildman–Crippen MR) is 71.6 cm³/mol. The molecule has 18 heavy (non-hydrogen) atoms. The van der Waals surface area contributed by atoms with Crippen molar-refractivity contribution in [3.05, 3.63) is 0 Å². The van der Waals surface area contributed by atoms with Crippen LogP contribution in [0.3, 0.4) is 0 Å². The van der Waals surface area contributed by atoms with Crippen LogP contribution in [0.15, 0.2) is 0 Å². The van der Waals surface area contributed by atoms with E-state index >= 15 is 0 Å². The molecule has 0 aromatic heterocycles. The van der Waals surface area contributed by atoms with Crippen molar-refractivity contribution >= 4 is 9.84 Å². The number of hydrogen-bond acceptors (Lipinski definition) is 5. The third kappa shape index (κ3) is 4.84. The Balaban J connectivity index is 2.23. The summed E-state index contributed by atoms with van der Waals surface area (Å²) in [6.45, 7) is 9.41. The van der Waals surface area contributed by atoms with Gasteiger partial charge in [-0.05, 0) is 27.7 Å². The van der Waals surface area contributed by atoms with Crippen LogP contribution in [0.2, 0.25) is 0 Å². The number of ether oxygens (including phenoxy) is 2. The van der Waals surface area contributed by atoms with Gasteiger partial charge in [0.2, 0.25) is 0 Å². The summed E-state index contributed by atoms with van der Waals surface area (Å²) in [5.41, 5.74) is 0. The summed E-state index contributed by atoms with van der Waals surface area (Å²) in [5, 5.41) is 3.24. The molecule has 1 heterocycles. The molecule has 1 aliphatic heterocycles. The summed E-state index contributed by atoms with van der Waals surface area (Å²) >= 11 is 0. The summed E-state index contributed by atoms with van der Waals surface area (Å²) in [5.74, 6) is 0.0617. The molecule has 1 aliphatic rings. The van der Waals surface area contributed by atoms with Crippen molar-refractivity contribution in [2.45, 2.75) is 44.6 Å². The summed E-state index contributed by atoms with van der Waals surface area (Å²) in [6, 6.07) is 0. The smallest absolute Gasteiger partial charge is 0.157 e. The number of hydrogen-bond donors (Lipinski definition) is 1. The first-order chi connectivity index (χ1) is 8.22. The fraction of sp³-hybridized carbons (Fsp3) is 1.00. The first-order valence-electron chi connectivity index (χ1n) is 6.38. The molecule has 0 radical (unpaired) electrons. The fourth-order valence-electron chi connectivity index (χ4n) is 1.66. The van der Waals surface area contributed by atoms with Crippen molar-refractivity contribution in [2.75, 3.05) is 32.1 Å². The van der Waals surface area contributed by atoms with Crippen LogP contribution in [0.5, 0.6) is 0 Å². The molecule has 0 aromatic carbocycles. The van der Waals surface area contributed by atoms with Crippen molar-refractivity contribution in [1.29, 1.82) is 0 Å². The first kappa shape index (κ1) is 15.9. The minimum Gasteiger partial charge on any atom is -0.378 e. The summed E-state index contributed by atoms with van der Waals surface area (Å²) < 4.78 is 34.0. The van der Waals surface area contributed by atoms with E-state index in [0.29, 0.717) is 6.61 Å². The highest BCUT2D eigenvalue weighted by atomic mass is 32.2. The number of morpholine rings is 1. The molecule has 0 aliphatic carbocycles. The molecule has 1 rings (SSSR count). The molecule has 0 spiro atoms. The van der Waals surface area contributed by atoms with Gasteiger partial charge in [-0.3, -0.25) is 0 Å². The summed E-state index contributed by atoms with van der Waals surface area (Å²) in [6.07, 6.45) is 0.205. The third-order valence-corrected chi connectivity index (χ3v) is 5.53. The van der Waals surface area contributed by atoms with Gasteiger partial charge in [-0.15, -0.1) is 0 Å². The molecule has 0 bridgehead atoms. The van der Waals surface area contributed by atoms with Crippen molar-refractivity contribution in [2.24, 2.45) is 0 Å². The zero-order valence-corrected chi connectivity index (χ0v) is 12.5. The van der Waals surface area contributed by atoms with Gasteiger partial charge in [-0.25, -0.2) is 8.42 Å². The van der Waals surface area contributed by atoms with Gasteiger partial charge in [0, 0.05) is 13.1 Å². The Morgan fingerprint density at radius 3 is 2.56 bits per heavy atom. The average Bonchev–Trinajstić information content (AvgIpc) is 2.23. The Hall–Kier alpha value is -0.170. The van der Waals surface area contributed by atoms with E-state index in [2.05, 4.69) is 5.32 Å². The van der Waals surface area contributed by atoms with E-state index in [9.17, 15) is 8.42 Å². The minimum atomic E-state index is -3.09. The van der Waals surface area contributed by atoms with Crippen LogP contribution in [-0.2, 0) is 19.3 Å². The highest BCUT2D eigenvalue weighted by molar-refractivity contribution is 7.92. The second-order valence-electron chi connectivity index (χ2n) is 5.73. The van der Waals surface area contributed by atoms with Crippen molar-refractivity contribution in [3.8, 4) is 0 Å². The van der Waals surface area contributed by atoms with Crippen LogP contribution in [0, 0.1) is 0 Å². The van der Waals surface area contributed by atoms with E-state index in [1.807, 2.05) is 6.92 Å². The molecule has 1 fully saturated rings. The van der Waals surface area contributed by atoms with Crippen molar-refractivity contribution in [3.63, 3.8) is 0 Å². The molecule has 2 atom stereocenters.